The minimum absolute atomic E-state index is 0.0182. The number of anilines is 2. The van der Waals surface area contributed by atoms with Gasteiger partial charge in [-0.2, -0.15) is 0 Å². The van der Waals surface area contributed by atoms with Gasteiger partial charge in [-0.05, 0) is 42.3 Å². The summed E-state index contributed by atoms with van der Waals surface area (Å²) in [7, 11) is -1.90. The number of hydrogen-bond acceptors (Lipinski definition) is 7. The van der Waals surface area contributed by atoms with E-state index >= 15 is 0 Å². The SMILES string of the molecule is COc1ccc(S(=O)(=O)CC(C)C)cc1Nc1ncc(-c2cccc(-c3ccccn3)c2)o1. The van der Waals surface area contributed by atoms with Crippen LogP contribution in [0.4, 0.5) is 11.7 Å². The molecule has 0 aliphatic heterocycles. The molecule has 0 spiro atoms. The molecular formula is C25H25N3O4S. The zero-order valence-electron chi connectivity index (χ0n) is 18.6. The summed E-state index contributed by atoms with van der Waals surface area (Å²) in [5.74, 6) is 1.13. The van der Waals surface area contributed by atoms with Gasteiger partial charge in [0.05, 0.1) is 35.3 Å². The molecule has 2 heterocycles. The van der Waals surface area contributed by atoms with Crippen LogP contribution in [0.5, 0.6) is 5.75 Å². The lowest BCUT2D eigenvalue weighted by atomic mass is 10.1. The van der Waals surface area contributed by atoms with E-state index in [1.807, 2.05) is 56.3 Å². The molecule has 0 aliphatic carbocycles. The van der Waals surface area contributed by atoms with Crippen LogP contribution in [-0.2, 0) is 9.84 Å². The highest BCUT2D eigenvalue weighted by Crippen LogP contribution is 2.33. The number of pyridine rings is 1. The smallest absolute Gasteiger partial charge is 0.299 e. The molecule has 170 valence electrons. The van der Waals surface area contributed by atoms with Crippen molar-refractivity contribution in [1.82, 2.24) is 9.97 Å². The number of ether oxygens (including phenoxy) is 1. The fraction of sp³-hybridized carbons (Fsp3) is 0.200. The van der Waals surface area contributed by atoms with Crippen LogP contribution in [-0.4, -0.2) is 31.2 Å². The highest BCUT2D eigenvalue weighted by Gasteiger charge is 2.19. The number of nitrogens with zero attached hydrogens (tertiary/aromatic N) is 2. The second-order valence-corrected chi connectivity index (χ2v) is 10.0. The molecule has 0 atom stereocenters. The van der Waals surface area contributed by atoms with Crippen LogP contribution in [0.15, 0.2) is 82.4 Å². The maximum Gasteiger partial charge on any atom is 0.299 e. The van der Waals surface area contributed by atoms with Crippen molar-refractivity contribution in [3.63, 3.8) is 0 Å². The standard InChI is InChI=1S/C25H25N3O4S/c1-17(2)16-33(29,30)20-10-11-23(31-3)22(14-20)28-25-27-15-24(32-25)19-8-6-7-18(13-19)21-9-4-5-12-26-21/h4-15,17H,16H2,1-3H3,(H,27,28). The average molecular weight is 464 g/mol. The van der Waals surface area contributed by atoms with E-state index < -0.39 is 9.84 Å². The monoisotopic (exact) mass is 463 g/mol. The number of nitrogens with one attached hydrogen (secondary N) is 1. The molecule has 0 saturated carbocycles. The van der Waals surface area contributed by atoms with Crippen LogP contribution >= 0.6 is 0 Å². The van der Waals surface area contributed by atoms with Crippen molar-refractivity contribution >= 4 is 21.5 Å². The van der Waals surface area contributed by atoms with Crippen LogP contribution < -0.4 is 10.1 Å². The van der Waals surface area contributed by atoms with Crippen molar-refractivity contribution < 1.29 is 17.6 Å². The summed E-state index contributed by atoms with van der Waals surface area (Å²) in [6.45, 7) is 3.74. The van der Waals surface area contributed by atoms with Gasteiger partial charge in [0, 0.05) is 17.3 Å². The van der Waals surface area contributed by atoms with Gasteiger partial charge in [-0.25, -0.2) is 13.4 Å². The predicted octanol–water partition coefficient (Wildman–Crippen LogP) is 5.59. The summed E-state index contributed by atoms with van der Waals surface area (Å²) in [6, 6.07) is 18.5. The first kappa shape index (κ1) is 22.5. The number of oxazole rings is 1. The van der Waals surface area contributed by atoms with Crippen molar-refractivity contribution in [3.8, 4) is 28.3 Å². The topological polar surface area (TPSA) is 94.3 Å². The van der Waals surface area contributed by atoms with Gasteiger partial charge in [-0.15, -0.1) is 0 Å². The van der Waals surface area contributed by atoms with E-state index in [9.17, 15) is 8.42 Å². The van der Waals surface area contributed by atoms with E-state index in [2.05, 4.69) is 15.3 Å². The third-order valence-electron chi connectivity index (χ3n) is 4.94. The van der Waals surface area contributed by atoms with Gasteiger partial charge in [0.2, 0.25) is 0 Å². The maximum atomic E-state index is 12.7. The number of aromatic nitrogens is 2. The lowest BCUT2D eigenvalue weighted by Gasteiger charge is -2.12. The molecule has 0 aliphatic rings. The molecule has 4 aromatic rings. The molecule has 0 unspecified atom stereocenters. The Morgan fingerprint density at radius 1 is 1.00 bits per heavy atom. The summed E-state index contributed by atoms with van der Waals surface area (Å²) < 4.78 is 36.6. The number of hydrogen-bond donors (Lipinski definition) is 1. The average Bonchev–Trinajstić information content (AvgIpc) is 3.27. The number of sulfone groups is 1. The summed E-state index contributed by atoms with van der Waals surface area (Å²) in [6.07, 6.45) is 3.37. The predicted molar refractivity (Wildman–Crippen MR) is 128 cm³/mol. The van der Waals surface area contributed by atoms with E-state index in [1.165, 1.54) is 7.11 Å². The highest BCUT2D eigenvalue weighted by atomic mass is 32.2. The maximum absolute atomic E-state index is 12.7. The van der Waals surface area contributed by atoms with Gasteiger partial charge in [0.25, 0.3) is 6.01 Å². The van der Waals surface area contributed by atoms with Crippen molar-refractivity contribution in [2.24, 2.45) is 5.92 Å². The number of rotatable bonds is 8. The summed E-state index contributed by atoms with van der Waals surface area (Å²) in [5.41, 5.74) is 3.13. The Hall–Kier alpha value is -3.65. The molecule has 2 aromatic heterocycles. The Balaban J connectivity index is 1.61. The molecule has 0 bridgehead atoms. The number of methoxy groups -OCH3 is 1. The molecule has 2 aromatic carbocycles. The zero-order chi connectivity index (χ0) is 23.4. The normalized spacial score (nSPS) is 11.5. The quantitative estimate of drug-likeness (QED) is 0.364. The van der Waals surface area contributed by atoms with Gasteiger partial charge < -0.3 is 14.5 Å². The lowest BCUT2D eigenvalue weighted by molar-refractivity contribution is 0.416. The zero-order valence-corrected chi connectivity index (χ0v) is 19.5. The van der Waals surface area contributed by atoms with Crippen LogP contribution in [0.2, 0.25) is 0 Å². The summed E-state index contributed by atoms with van der Waals surface area (Å²) in [4.78, 5) is 8.91. The third-order valence-corrected chi connectivity index (χ3v) is 7.02. The van der Waals surface area contributed by atoms with Crippen LogP contribution in [0.3, 0.4) is 0 Å². The Labute approximate surface area is 193 Å². The molecule has 0 saturated heterocycles. The van der Waals surface area contributed by atoms with E-state index in [0.717, 1.165) is 16.8 Å². The van der Waals surface area contributed by atoms with Crippen molar-refractivity contribution in [3.05, 3.63) is 73.1 Å². The molecular weight excluding hydrogens is 438 g/mol. The van der Waals surface area contributed by atoms with E-state index in [-0.39, 0.29) is 22.6 Å². The largest absolute Gasteiger partial charge is 0.495 e. The van der Waals surface area contributed by atoms with Crippen molar-refractivity contribution in [2.45, 2.75) is 18.7 Å². The van der Waals surface area contributed by atoms with E-state index in [1.54, 1.807) is 30.6 Å². The molecule has 8 heteroatoms. The minimum atomic E-state index is -3.42. The fourth-order valence-electron chi connectivity index (χ4n) is 3.46. The lowest BCUT2D eigenvalue weighted by Crippen LogP contribution is -2.12. The van der Waals surface area contributed by atoms with Crippen LogP contribution in [0.25, 0.3) is 22.6 Å². The Morgan fingerprint density at radius 2 is 1.82 bits per heavy atom. The van der Waals surface area contributed by atoms with Crippen molar-refractivity contribution in [2.75, 3.05) is 18.2 Å². The summed E-state index contributed by atoms with van der Waals surface area (Å²) >= 11 is 0. The van der Waals surface area contributed by atoms with Crippen LogP contribution in [0.1, 0.15) is 13.8 Å². The fourth-order valence-corrected chi connectivity index (χ4v) is 5.10. The van der Waals surface area contributed by atoms with Gasteiger partial charge in [0.15, 0.2) is 15.6 Å². The third kappa shape index (κ3) is 5.23. The molecule has 0 radical (unpaired) electrons. The first-order chi connectivity index (χ1) is 15.9. The van der Waals surface area contributed by atoms with E-state index in [4.69, 9.17) is 9.15 Å². The van der Waals surface area contributed by atoms with Gasteiger partial charge in [-0.1, -0.05) is 38.1 Å². The van der Waals surface area contributed by atoms with Crippen molar-refractivity contribution in [1.29, 1.82) is 0 Å². The first-order valence-electron chi connectivity index (χ1n) is 10.5. The molecule has 1 N–H and O–H groups in total. The Bertz CT molecular complexity index is 1350. The van der Waals surface area contributed by atoms with Gasteiger partial charge in [-0.3, -0.25) is 4.98 Å². The number of benzene rings is 2. The summed E-state index contributed by atoms with van der Waals surface area (Å²) in [5, 5.41) is 3.05. The van der Waals surface area contributed by atoms with Gasteiger partial charge >= 0.3 is 0 Å². The van der Waals surface area contributed by atoms with Crippen LogP contribution in [0, 0.1) is 5.92 Å². The highest BCUT2D eigenvalue weighted by molar-refractivity contribution is 7.91. The molecule has 0 amide bonds. The van der Waals surface area contributed by atoms with Gasteiger partial charge in [0.1, 0.15) is 5.75 Å². The molecule has 33 heavy (non-hydrogen) atoms. The minimum Gasteiger partial charge on any atom is -0.495 e. The second kappa shape index (κ2) is 9.46. The Morgan fingerprint density at radius 3 is 2.55 bits per heavy atom. The molecule has 7 nitrogen and oxygen atoms in total. The molecule has 4 rings (SSSR count). The first-order valence-corrected chi connectivity index (χ1v) is 12.2. The second-order valence-electron chi connectivity index (χ2n) is 7.99. The Kier molecular flexibility index (Phi) is 6.46. The van der Waals surface area contributed by atoms with E-state index in [0.29, 0.717) is 17.2 Å². The molecule has 0 fully saturated rings.